The van der Waals surface area contributed by atoms with Crippen molar-refractivity contribution in [1.29, 1.82) is 0 Å². The molecule has 0 saturated carbocycles. The average Bonchev–Trinajstić information content (AvgIpc) is 2.76. The van der Waals surface area contributed by atoms with Crippen molar-refractivity contribution < 1.29 is 4.92 Å². The molecule has 110 valence electrons. The summed E-state index contributed by atoms with van der Waals surface area (Å²) in [5, 5.41) is 10.9. The van der Waals surface area contributed by atoms with Crippen molar-refractivity contribution in [3.8, 4) is 0 Å². The molecule has 0 aliphatic carbocycles. The summed E-state index contributed by atoms with van der Waals surface area (Å²) in [6.45, 7) is 4.09. The first-order valence-corrected chi connectivity index (χ1v) is 7.55. The van der Waals surface area contributed by atoms with E-state index in [1.165, 1.54) is 13.0 Å². The van der Waals surface area contributed by atoms with Gasteiger partial charge in [0.1, 0.15) is 0 Å². The Kier molecular flexibility index (Phi) is 5.12. The van der Waals surface area contributed by atoms with Crippen LogP contribution in [-0.2, 0) is 6.54 Å². The summed E-state index contributed by atoms with van der Waals surface area (Å²) >= 11 is 3.21. The lowest BCUT2D eigenvalue weighted by molar-refractivity contribution is -0.385. The van der Waals surface area contributed by atoms with Crippen molar-refractivity contribution >= 4 is 21.6 Å². The van der Waals surface area contributed by atoms with E-state index in [4.69, 9.17) is 0 Å². The minimum absolute atomic E-state index is 0.136. The van der Waals surface area contributed by atoms with Gasteiger partial charge in [0, 0.05) is 25.7 Å². The van der Waals surface area contributed by atoms with Gasteiger partial charge in [-0.3, -0.25) is 10.1 Å². The fraction of sp³-hybridized carbons (Fsp3) is 0.571. The predicted molar refractivity (Wildman–Crippen MR) is 82.7 cm³/mol. The Bertz CT molecular complexity index is 495. The van der Waals surface area contributed by atoms with Gasteiger partial charge in [-0.05, 0) is 60.5 Å². The minimum Gasteiger partial charge on any atom is -0.306 e. The molecule has 1 aromatic rings. The van der Waals surface area contributed by atoms with Crippen LogP contribution in [0.2, 0.25) is 0 Å². The molecule has 1 heterocycles. The van der Waals surface area contributed by atoms with E-state index >= 15 is 0 Å². The highest BCUT2D eigenvalue weighted by Gasteiger charge is 2.21. The fourth-order valence-corrected chi connectivity index (χ4v) is 3.18. The first kappa shape index (κ1) is 15.4. The number of hydrogen-bond acceptors (Lipinski definition) is 4. The number of nitro groups is 1. The molecule has 1 saturated heterocycles. The van der Waals surface area contributed by atoms with Crippen LogP contribution in [0.5, 0.6) is 0 Å². The fourth-order valence-electron chi connectivity index (χ4n) is 2.79. The Hall–Kier alpha value is -0.980. The third kappa shape index (κ3) is 4.01. The lowest BCUT2D eigenvalue weighted by atomic mass is 10.1. The van der Waals surface area contributed by atoms with Crippen LogP contribution < -0.4 is 0 Å². The van der Waals surface area contributed by atoms with Gasteiger partial charge in [0.25, 0.3) is 5.69 Å². The minimum atomic E-state index is -0.348. The molecule has 0 bridgehead atoms. The molecule has 0 aromatic heterocycles. The highest BCUT2D eigenvalue weighted by atomic mass is 79.9. The van der Waals surface area contributed by atoms with Crippen molar-refractivity contribution in [2.45, 2.75) is 13.0 Å². The number of nitro benzene ring substituents is 1. The van der Waals surface area contributed by atoms with Crippen molar-refractivity contribution in [3.63, 3.8) is 0 Å². The SMILES string of the molecule is CN1CCC(CN(C)Cc2ccc(Br)c([N+](=O)[O-])c2)C1. The van der Waals surface area contributed by atoms with Crippen LogP contribution in [0.1, 0.15) is 12.0 Å². The molecule has 0 spiro atoms. The van der Waals surface area contributed by atoms with Gasteiger partial charge in [-0.1, -0.05) is 6.07 Å². The van der Waals surface area contributed by atoms with E-state index in [2.05, 4.69) is 39.8 Å². The van der Waals surface area contributed by atoms with E-state index < -0.39 is 0 Å². The Morgan fingerprint density at radius 1 is 1.55 bits per heavy atom. The second-order valence-electron chi connectivity index (χ2n) is 5.66. The second kappa shape index (κ2) is 6.65. The normalized spacial score (nSPS) is 19.7. The summed E-state index contributed by atoms with van der Waals surface area (Å²) in [4.78, 5) is 15.2. The highest BCUT2D eigenvalue weighted by molar-refractivity contribution is 9.10. The number of hydrogen-bond donors (Lipinski definition) is 0. The topological polar surface area (TPSA) is 49.6 Å². The van der Waals surface area contributed by atoms with Gasteiger partial charge in [-0.15, -0.1) is 0 Å². The van der Waals surface area contributed by atoms with Crippen LogP contribution in [0.25, 0.3) is 0 Å². The third-order valence-electron chi connectivity index (χ3n) is 3.72. The van der Waals surface area contributed by atoms with E-state index in [1.807, 2.05) is 6.07 Å². The molecule has 0 amide bonds. The predicted octanol–water partition coefficient (Wildman–Crippen LogP) is 2.74. The standard InChI is InChI=1S/C14H20BrN3O2/c1-16-6-5-12(9-16)10-17(2)8-11-3-4-13(15)14(7-11)18(19)20/h3-4,7,12H,5-6,8-10H2,1-2H3. The van der Waals surface area contributed by atoms with Crippen LogP contribution in [0.3, 0.4) is 0 Å². The maximum Gasteiger partial charge on any atom is 0.283 e. The van der Waals surface area contributed by atoms with Crippen molar-refractivity contribution in [2.24, 2.45) is 5.92 Å². The van der Waals surface area contributed by atoms with Gasteiger partial charge in [-0.25, -0.2) is 0 Å². The molecular formula is C14H20BrN3O2. The van der Waals surface area contributed by atoms with Gasteiger partial charge in [0.05, 0.1) is 9.40 Å². The van der Waals surface area contributed by atoms with Crippen LogP contribution in [0, 0.1) is 16.0 Å². The average molecular weight is 342 g/mol. The largest absolute Gasteiger partial charge is 0.306 e. The molecule has 1 aliphatic heterocycles. The molecule has 20 heavy (non-hydrogen) atoms. The summed E-state index contributed by atoms with van der Waals surface area (Å²) in [7, 11) is 4.23. The quantitative estimate of drug-likeness (QED) is 0.610. The zero-order valence-electron chi connectivity index (χ0n) is 11.9. The number of likely N-dealkylation sites (tertiary alicyclic amines) is 1. The summed E-state index contributed by atoms with van der Waals surface area (Å²) in [5.41, 5.74) is 1.12. The second-order valence-corrected chi connectivity index (χ2v) is 6.51. The van der Waals surface area contributed by atoms with Gasteiger partial charge in [0.2, 0.25) is 0 Å². The molecule has 0 radical (unpaired) electrons. The Labute approximate surface area is 127 Å². The van der Waals surface area contributed by atoms with Crippen LogP contribution in [0.4, 0.5) is 5.69 Å². The maximum atomic E-state index is 10.9. The molecule has 1 unspecified atom stereocenters. The summed E-state index contributed by atoms with van der Waals surface area (Å²) < 4.78 is 0.534. The first-order valence-electron chi connectivity index (χ1n) is 6.75. The number of rotatable bonds is 5. The maximum absolute atomic E-state index is 10.9. The van der Waals surface area contributed by atoms with E-state index in [0.29, 0.717) is 10.4 Å². The molecule has 2 rings (SSSR count). The molecule has 5 nitrogen and oxygen atoms in total. The Morgan fingerprint density at radius 2 is 2.30 bits per heavy atom. The summed E-state index contributed by atoms with van der Waals surface area (Å²) in [5.74, 6) is 0.704. The van der Waals surface area contributed by atoms with Gasteiger partial charge in [-0.2, -0.15) is 0 Å². The van der Waals surface area contributed by atoms with Crippen LogP contribution >= 0.6 is 15.9 Å². The first-order chi connectivity index (χ1) is 9.45. The lowest BCUT2D eigenvalue weighted by Gasteiger charge is -2.21. The van der Waals surface area contributed by atoms with E-state index in [1.54, 1.807) is 12.1 Å². The zero-order valence-corrected chi connectivity index (χ0v) is 13.5. The number of benzene rings is 1. The summed E-state index contributed by atoms with van der Waals surface area (Å²) in [6, 6.07) is 5.35. The van der Waals surface area contributed by atoms with Gasteiger partial charge >= 0.3 is 0 Å². The van der Waals surface area contributed by atoms with Crippen LogP contribution in [-0.4, -0.2) is 48.5 Å². The summed E-state index contributed by atoms with van der Waals surface area (Å²) in [6.07, 6.45) is 1.24. The van der Waals surface area contributed by atoms with Crippen molar-refractivity contribution in [1.82, 2.24) is 9.80 Å². The molecule has 1 fully saturated rings. The molecule has 0 N–H and O–H groups in total. The van der Waals surface area contributed by atoms with E-state index in [9.17, 15) is 10.1 Å². The number of nitrogens with zero attached hydrogens (tertiary/aromatic N) is 3. The lowest BCUT2D eigenvalue weighted by Crippen LogP contribution is -2.27. The van der Waals surface area contributed by atoms with E-state index in [-0.39, 0.29) is 10.6 Å². The van der Waals surface area contributed by atoms with Gasteiger partial charge in [0.15, 0.2) is 0 Å². The van der Waals surface area contributed by atoms with Crippen molar-refractivity contribution in [3.05, 3.63) is 38.3 Å². The Balaban J connectivity index is 1.95. The van der Waals surface area contributed by atoms with Crippen molar-refractivity contribution in [2.75, 3.05) is 33.7 Å². The van der Waals surface area contributed by atoms with E-state index in [0.717, 1.165) is 25.2 Å². The smallest absolute Gasteiger partial charge is 0.283 e. The monoisotopic (exact) mass is 341 g/mol. The van der Waals surface area contributed by atoms with Gasteiger partial charge < -0.3 is 9.80 Å². The third-order valence-corrected chi connectivity index (χ3v) is 4.39. The number of halogens is 1. The molecule has 6 heteroatoms. The molecular weight excluding hydrogens is 322 g/mol. The van der Waals surface area contributed by atoms with Crippen LogP contribution in [0.15, 0.2) is 22.7 Å². The molecule has 1 aliphatic rings. The molecule has 1 aromatic carbocycles. The molecule has 1 atom stereocenters. The highest BCUT2D eigenvalue weighted by Crippen LogP contribution is 2.26. The Morgan fingerprint density at radius 3 is 2.90 bits per heavy atom. The zero-order chi connectivity index (χ0) is 14.7.